The van der Waals surface area contributed by atoms with Crippen LogP contribution in [0.1, 0.15) is 25.0 Å². The molecule has 0 amide bonds. The Labute approximate surface area is 84.9 Å². The maximum absolute atomic E-state index is 5.38. The van der Waals surface area contributed by atoms with E-state index in [1.165, 1.54) is 32.4 Å². The van der Waals surface area contributed by atoms with Gasteiger partial charge in [0, 0.05) is 13.1 Å². The molecule has 2 heteroatoms. The third kappa shape index (κ3) is 1.48. The van der Waals surface area contributed by atoms with Gasteiger partial charge in [0.15, 0.2) is 0 Å². The van der Waals surface area contributed by atoms with Crippen molar-refractivity contribution in [1.82, 2.24) is 4.90 Å². The Morgan fingerprint density at radius 3 is 2.71 bits per heavy atom. The molecule has 2 nitrogen and oxygen atoms in total. The van der Waals surface area contributed by atoms with Crippen LogP contribution in [0, 0.1) is 11.8 Å². The van der Waals surface area contributed by atoms with E-state index >= 15 is 0 Å². The molecule has 0 radical (unpaired) electrons. The number of furan rings is 1. The molecule has 2 aliphatic rings. The molecule has 14 heavy (non-hydrogen) atoms. The van der Waals surface area contributed by atoms with Crippen molar-refractivity contribution in [1.29, 1.82) is 0 Å². The van der Waals surface area contributed by atoms with Crippen molar-refractivity contribution >= 4 is 0 Å². The molecular weight excluding hydrogens is 174 g/mol. The maximum Gasteiger partial charge on any atom is 0.117 e. The predicted octanol–water partition coefficient (Wildman–Crippen LogP) is 2.51. The number of hydrogen-bond acceptors (Lipinski definition) is 2. The van der Waals surface area contributed by atoms with Gasteiger partial charge in [-0.05, 0) is 36.8 Å². The van der Waals surface area contributed by atoms with E-state index < -0.39 is 0 Å². The van der Waals surface area contributed by atoms with Gasteiger partial charge in [-0.2, -0.15) is 0 Å². The van der Waals surface area contributed by atoms with Gasteiger partial charge in [-0.15, -0.1) is 0 Å². The fourth-order valence-corrected chi connectivity index (χ4v) is 3.08. The van der Waals surface area contributed by atoms with Gasteiger partial charge in [-0.1, -0.05) is 6.42 Å². The van der Waals surface area contributed by atoms with Crippen LogP contribution < -0.4 is 0 Å². The predicted molar refractivity (Wildman–Crippen MR) is 54.8 cm³/mol. The molecule has 1 saturated carbocycles. The Kier molecular flexibility index (Phi) is 2.09. The molecule has 1 saturated heterocycles. The zero-order chi connectivity index (χ0) is 9.38. The smallest absolute Gasteiger partial charge is 0.117 e. The van der Waals surface area contributed by atoms with Crippen molar-refractivity contribution in [2.45, 2.75) is 25.8 Å². The lowest BCUT2D eigenvalue weighted by Gasteiger charge is -2.14. The number of fused-ring (bicyclic) bond motifs is 1. The lowest BCUT2D eigenvalue weighted by Crippen LogP contribution is -2.20. The van der Waals surface area contributed by atoms with Gasteiger partial charge in [-0.25, -0.2) is 0 Å². The minimum Gasteiger partial charge on any atom is -0.468 e. The van der Waals surface area contributed by atoms with Crippen LogP contribution in [0.15, 0.2) is 22.8 Å². The van der Waals surface area contributed by atoms with Crippen molar-refractivity contribution in [2.24, 2.45) is 11.8 Å². The summed E-state index contributed by atoms with van der Waals surface area (Å²) in [6.07, 6.45) is 6.15. The molecule has 2 fully saturated rings. The van der Waals surface area contributed by atoms with E-state index in [9.17, 15) is 0 Å². The molecule has 3 rings (SSSR count). The highest BCUT2D eigenvalue weighted by atomic mass is 16.3. The summed E-state index contributed by atoms with van der Waals surface area (Å²) in [4.78, 5) is 2.55. The number of rotatable bonds is 2. The summed E-state index contributed by atoms with van der Waals surface area (Å²) >= 11 is 0. The van der Waals surface area contributed by atoms with Gasteiger partial charge in [0.2, 0.25) is 0 Å². The second-order valence-electron chi connectivity index (χ2n) is 4.72. The van der Waals surface area contributed by atoms with Crippen LogP contribution in [0.4, 0.5) is 0 Å². The minimum atomic E-state index is 0.991. The molecule has 2 heterocycles. The number of hydrogen-bond donors (Lipinski definition) is 0. The van der Waals surface area contributed by atoms with Gasteiger partial charge in [0.05, 0.1) is 12.8 Å². The molecule has 0 aromatic carbocycles. The fourth-order valence-electron chi connectivity index (χ4n) is 3.08. The molecule has 0 spiro atoms. The van der Waals surface area contributed by atoms with E-state index in [4.69, 9.17) is 4.42 Å². The molecule has 0 bridgehead atoms. The molecule has 1 aliphatic heterocycles. The largest absolute Gasteiger partial charge is 0.468 e. The second-order valence-corrected chi connectivity index (χ2v) is 4.72. The van der Waals surface area contributed by atoms with E-state index in [0.717, 1.165) is 24.1 Å². The molecule has 1 aromatic rings. The number of nitrogens with zero attached hydrogens (tertiary/aromatic N) is 1. The first-order chi connectivity index (χ1) is 6.92. The van der Waals surface area contributed by atoms with E-state index in [2.05, 4.69) is 11.0 Å². The average Bonchev–Trinajstić information content (AvgIpc) is 2.78. The summed E-state index contributed by atoms with van der Waals surface area (Å²) in [6.45, 7) is 3.61. The summed E-state index contributed by atoms with van der Waals surface area (Å²) < 4.78 is 5.38. The normalized spacial score (nSPS) is 32.3. The molecule has 1 aromatic heterocycles. The van der Waals surface area contributed by atoms with Gasteiger partial charge in [-0.3, -0.25) is 4.90 Å². The number of likely N-dealkylation sites (tertiary alicyclic amines) is 1. The highest BCUT2D eigenvalue weighted by molar-refractivity contribution is 4.99. The maximum atomic E-state index is 5.38. The molecule has 76 valence electrons. The van der Waals surface area contributed by atoms with E-state index in [1.54, 1.807) is 6.26 Å². The first kappa shape index (κ1) is 8.54. The lowest BCUT2D eigenvalue weighted by molar-refractivity contribution is 0.276. The zero-order valence-electron chi connectivity index (χ0n) is 8.48. The standard InChI is InChI=1S/C12H17NO/c1-3-10-7-13(8-11(10)4-1)9-12-5-2-6-14-12/h2,5-6,10-11H,1,3-4,7-9H2/t10-,11-/m0/s1. The Morgan fingerprint density at radius 2 is 2.07 bits per heavy atom. The highest BCUT2D eigenvalue weighted by Gasteiger charge is 2.35. The van der Waals surface area contributed by atoms with Crippen LogP contribution in [-0.4, -0.2) is 18.0 Å². The Balaban J connectivity index is 1.61. The van der Waals surface area contributed by atoms with Crippen molar-refractivity contribution < 1.29 is 4.42 Å². The second kappa shape index (κ2) is 3.43. The molecule has 1 aliphatic carbocycles. The molecule has 0 N–H and O–H groups in total. The van der Waals surface area contributed by atoms with Gasteiger partial charge in [0.25, 0.3) is 0 Å². The Morgan fingerprint density at radius 1 is 1.29 bits per heavy atom. The summed E-state index contributed by atoms with van der Waals surface area (Å²) in [7, 11) is 0. The fraction of sp³-hybridized carbons (Fsp3) is 0.667. The lowest BCUT2D eigenvalue weighted by atomic mass is 10.0. The summed E-state index contributed by atoms with van der Waals surface area (Å²) in [6, 6.07) is 4.06. The first-order valence-electron chi connectivity index (χ1n) is 5.66. The quantitative estimate of drug-likeness (QED) is 0.714. The van der Waals surface area contributed by atoms with E-state index in [-0.39, 0.29) is 0 Å². The summed E-state index contributed by atoms with van der Waals surface area (Å²) in [5.41, 5.74) is 0. The van der Waals surface area contributed by atoms with Crippen LogP contribution in [0.2, 0.25) is 0 Å². The van der Waals surface area contributed by atoms with Crippen molar-refractivity contribution in [3.05, 3.63) is 24.2 Å². The minimum absolute atomic E-state index is 0.991. The molecule has 2 atom stereocenters. The third-order valence-corrected chi connectivity index (χ3v) is 3.76. The monoisotopic (exact) mass is 191 g/mol. The highest BCUT2D eigenvalue weighted by Crippen LogP contribution is 2.38. The topological polar surface area (TPSA) is 16.4 Å². The van der Waals surface area contributed by atoms with Crippen molar-refractivity contribution in [3.8, 4) is 0 Å². The van der Waals surface area contributed by atoms with Crippen LogP contribution in [0.25, 0.3) is 0 Å². The first-order valence-corrected chi connectivity index (χ1v) is 5.66. The van der Waals surface area contributed by atoms with Crippen LogP contribution in [0.3, 0.4) is 0 Å². The van der Waals surface area contributed by atoms with Crippen molar-refractivity contribution in [2.75, 3.05) is 13.1 Å². The summed E-state index contributed by atoms with van der Waals surface area (Å²) in [5.74, 6) is 3.10. The molecular formula is C12H17NO. The van der Waals surface area contributed by atoms with Crippen LogP contribution in [-0.2, 0) is 6.54 Å². The van der Waals surface area contributed by atoms with Crippen LogP contribution in [0.5, 0.6) is 0 Å². The Bertz CT molecular complexity index is 281. The van der Waals surface area contributed by atoms with Gasteiger partial charge < -0.3 is 4.42 Å². The van der Waals surface area contributed by atoms with Gasteiger partial charge >= 0.3 is 0 Å². The summed E-state index contributed by atoms with van der Waals surface area (Å²) in [5, 5.41) is 0. The zero-order valence-corrected chi connectivity index (χ0v) is 8.48. The SMILES string of the molecule is c1coc(CN2C[C@@H]3CCC[C@H]3C2)c1. The van der Waals surface area contributed by atoms with Gasteiger partial charge in [0.1, 0.15) is 5.76 Å². The van der Waals surface area contributed by atoms with Crippen molar-refractivity contribution in [3.63, 3.8) is 0 Å². The van der Waals surface area contributed by atoms with E-state index in [1.807, 2.05) is 6.07 Å². The average molecular weight is 191 g/mol. The van der Waals surface area contributed by atoms with Crippen LogP contribution >= 0.6 is 0 Å². The Hall–Kier alpha value is -0.760. The van der Waals surface area contributed by atoms with E-state index in [0.29, 0.717) is 0 Å². The third-order valence-electron chi connectivity index (χ3n) is 3.76. The molecule has 0 unspecified atom stereocenters.